The van der Waals surface area contributed by atoms with Gasteiger partial charge in [-0.2, -0.15) is 0 Å². The molecule has 3 aromatic rings. The molecule has 0 bridgehead atoms. The second-order valence-corrected chi connectivity index (χ2v) is 8.68. The Morgan fingerprint density at radius 1 is 0.743 bits per heavy atom. The minimum Gasteiger partial charge on any atom is -0.374 e. The van der Waals surface area contributed by atoms with Gasteiger partial charge >= 0.3 is 0 Å². The van der Waals surface area contributed by atoms with Gasteiger partial charge in [0.2, 0.25) is 0 Å². The van der Waals surface area contributed by atoms with Crippen molar-refractivity contribution in [2.75, 3.05) is 6.61 Å². The summed E-state index contributed by atoms with van der Waals surface area (Å²) in [7, 11) is 0. The molecule has 0 amide bonds. The molecule has 0 saturated carbocycles. The quantitative estimate of drug-likeness (QED) is 0.291. The van der Waals surface area contributed by atoms with Crippen LogP contribution in [0.5, 0.6) is 0 Å². The molecule has 0 spiro atoms. The van der Waals surface area contributed by atoms with Crippen LogP contribution < -0.4 is 0 Å². The molecule has 0 N–H and O–H groups in total. The molecule has 0 aliphatic carbocycles. The first-order valence-corrected chi connectivity index (χ1v) is 11.8. The van der Waals surface area contributed by atoms with Gasteiger partial charge in [-0.05, 0) is 23.6 Å². The second-order valence-electron chi connectivity index (χ2n) is 8.68. The van der Waals surface area contributed by atoms with Gasteiger partial charge in [-0.15, -0.1) is 0 Å². The van der Waals surface area contributed by atoms with E-state index < -0.39 is 30.5 Å². The van der Waals surface area contributed by atoms with E-state index >= 15 is 0 Å². The largest absolute Gasteiger partial charge is 0.374 e. The van der Waals surface area contributed by atoms with Crippen molar-refractivity contribution < 1.29 is 23.9 Å². The number of hydrogen-bond donors (Lipinski definition) is 0. The first-order valence-electron chi connectivity index (χ1n) is 11.8. The number of nitro groups is 1. The molecule has 1 aliphatic heterocycles. The van der Waals surface area contributed by atoms with Gasteiger partial charge in [-0.1, -0.05) is 91.0 Å². The van der Waals surface area contributed by atoms with Gasteiger partial charge in [-0.25, -0.2) is 0 Å². The summed E-state index contributed by atoms with van der Waals surface area (Å²) < 4.78 is 24.6. The summed E-state index contributed by atoms with van der Waals surface area (Å²) in [5, 5.41) is 12.1. The van der Waals surface area contributed by atoms with Gasteiger partial charge in [0.15, 0.2) is 6.10 Å². The van der Waals surface area contributed by atoms with Crippen molar-refractivity contribution in [3.8, 4) is 0 Å². The fourth-order valence-corrected chi connectivity index (χ4v) is 4.33. The Labute approximate surface area is 205 Å². The van der Waals surface area contributed by atoms with Crippen molar-refractivity contribution in [3.63, 3.8) is 0 Å². The average molecular weight is 478 g/mol. The van der Waals surface area contributed by atoms with Crippen LogP contribution in [0.1, 0.15) is 23.6 Å². The molecule has 7 heteroatoms. The maximum absolute atomic E-state index is 12.1. The smallest absolute Gasteiger partial charge is 0.266 e. The number of benzene rings is 3. The molecule has 3 aromatic carbocycles. The van der Waals surface area contributed by atoms with E-state index in [0.717, 1.165) is 16.7 Å². The van der Waals surface area contributed by atoms with E-state index in [1.54, 1.807) is 6.92 Å². The van der Waals surface area contributed by atoms with Crippen LogP contribution in [0, 0.1) is 10.1 Å². The van der Waals surface area contributed by atoms with Gasteiger partial charge in [0.05, 0.1) is 26.4 Å². The van der Waals surface area contributed by atoms with E-state index in [1.165, 1.54) is 0 Å². The summed E-state index contributed by atoms with van der Waals surface area (Å²) in [6, 6.07) is 28.1. The molecular weight excluding hydrogens is 446 g/mol. The molecule has 0 aromatic heterocycles. The minimum absolute atomic E-state index is 0.230. The summed E-state index contributed by atoms with van der Waals surface area (Å²) in [6.45, 7) is 2.88. The van der Waals surface area contributed by atoms with Gasteiger partial charge in [0.1, 0.15) is 18.3 Å². The molecule has 184 valence electrons. The Morgan fingerprint density at radius 3 is 1.69 bits per heavy atom. The zero-order chi connectivity index (χ0) is 24.5. The molecule has 0 radical (unpaired) electrons. The Hall–Kier alpha value is -3.10. The lowest BCUT2D eigenvalue weighted by molar-refractivity contribution is -0.560. The highest BCUT2D eigenvalue weighted by Gasteiger charge is 2.52. The number of nitrogens with zero attached hydrogens (tertiary/aromatic N) is 1. The molecule has 0 unspecified atom stereocenters. The van der Waals surface area contributed by atoms with E-state index in [1.807, 2.05) is 91.0 Å². The predicted octanol–water partition coefficient (Wildman–Crippen LogP) is 4.81. The van der Waals surface area contributed by atoms with Gasteiger partial charge in [0.25, 0.3) is 6.04 Å². The third-order valence-electron chi connectivity index (χ3n) is 6.10. The highest BCUT2D eigenvalue weighted by atomic mass is 16.7. The van der Waals surface area contributed by atoms with Crippen LogP contribution in [0.2, 0.25) is 0 Å². The Morgan fingerprint density at radius 2 is 1.20 bits per heavy atom. The highest BCUT2D eigenvalue weighted by Crippen LogP contribution is 2.29. The molecule has 1 aliphatic rings. The SMILES string of the molecule is C[C@@H]1O[C@H](COCc2ccccc2)[C@@H](OCc2ccccc2)[C@H](OCc2ccccc2)[C@H]1[N+](=O)[O-]. The van der Waals surface area contributed by atoms with Crippen molar-refractivity contribution in [1.82, 2.24) is 0 Å². The third kappa shape index (κ3) is 6.96. The molecule has 35 heavy (non-hydrogen) atoms. The van der Waals surface area contributed by atoms with Gasteiger partial charge < -0.3 is 18.9 Å². The summed E-state index contributed by atoms with van der Waals surface area (Å²) in [5.41, 5.74) is 2.94. The second kappa shape index (κ2) is 12.6. The number of hydrogen-bond acceptors (Lipinski definition) is 6. The molecule has 1 fully saturated rings. The van der Waals surface area contributed by atoms with Crippen LogP contribution >= 0.6 is 0 Å². The Bertz CT molecular complexity index is 1030. The third-order valence-corrected chi connectivity index (χ3v) is 6.10. The monoisotopic (exact) mass is 477 g/mol. The van der Waals surface area contributed by atoms with Crippen molar-refractivity contribution in [1.29, 1.82) is 0 Å². The zero-order valence-corrected chi connectivity index (χ0v) is 19.8. The van der Waals surface area contributed by atoms with Crippen LogP contribution in [0.4, 0.5) is 0 Å². The van der Waals surface area contributed by atoms with Crippen molar-refractivity contribution >= 4 is 0 Å². The Kier molecular flexibility index (Phi) is 8.97. The maximum Gasteiger partial charge on any atom is 0.266 e. The normalized spacial score (nSPS) is 24.2. The Balaban J connectivity index is 1.52. The van der Waals surface area contributed by atoms with Crippen LogP contribution in [-0.4, -0.2) is 42.0 Å². The average Bonchev–Trinajstić information content (AvgIpc) is 2.88. The maximum atomic E-state index is 12.1. The van der Waals surface area contributed by atoms with E-state index in [2.05, 4.69) is 0 Å². The van der Waals surface area contributed by atoms with E-state index in [0.29, 0.717) is 6.61 Å². The van der Waals surface area contributed by atoms with E-state index in [4.69, 9.17) is 18.9 Å². The van der Waals surface area contributed by atoms with Crippen molar-refractivity contribution in [2.24, 2.45) is 0 Å². The molecule has 5 atom stereocenters. The van der Waals surface area contributed by atoms with Crippen LogP contribution in [0.25, 0.3) is 0 Å². The lowest BCUT2D eigenvalue weighted by atomic mass is 9.93. The topological polar surface area (TPSA) is 80.1 Å². The van der Waals surface area contributed by atoms with Crippen LogP contribution in [0.15, 0.2) is 91.0 Å². The lowest BCUT2D eigenvalue weighted by Crippen LogP contribution is -2.62. The molecule has 4 rings (SSSR count). The first kappa shape index (κ1) is 25.0. The summed E-state index contributed by atoms with van der Waals surface area (Å²) in [6.07, 6.45) is -2.66. The fourth-order valence-electron chi connectivity index (χ4n) is 4.33. The minimum atomic E-state index is -1.06. The molecule has 1 saturated heterocycles. The summed E-state index contributed by atoms with van der Waals surface area (Å²) >= 11 is 0. The van der Waals surface area contributed by atoms with Crippen LogP contribution in [-0.2, 0) is 38.8 Å². The van der Waals surface area contributed by atoms with E-state index in [9.17, 15) is 10.1 Å². The zero-order valence-electron chi connectivity index (χ0n) is 19.8. The lowest BCUT2D eigenvalue weighted by Gasteiger charge is -2.41. The fraction of sp³-hybridized carbons (Fsp3) is 0.357. The summed E-state index contributed by atoms with van der Waals surface area (Å²) in [5.74, 6) is 0. The standard InChI is InChI=1S/C28H31NO6/c1-21-26(29(30)31)28(34-19-24-15-9-4-10-16-24)27(33-18-23-13-7-3-8-14-23)25(35-21)20-32-17-22-11-5-2-6-12-22/h2-16,21,25-28H,17-20H2,1H3/t21-,25+,26-,27+,28+/m0/s1. The van der Waals surface area contributed by atoms with E-state index in [-0.39, 0.29) is 24.7 Å². The van der Waals surface area contributed by atoms with Crippen LogP contribution in [0.3, 0.4) is 0 Å². The predicted molar refractivity (Wildman–Crippen MR) is 131 cm³/mol. The number of rotatable bonds is 11. The first-order chi connectivity index (χ1) is 17.1. The molecular formula is C28H31NO6. The van der Waals surface area contributed by atoms with Crippen molar-refractivity contribution in [3.05, 3.63) is 118 Å². The number of ether oxygens (including phenoxy) is 4. The van der Waals surface area contributed by atoms with Crippen molar-refractivity contribution in [2.45, 2.75) is 57.2 Å². The summed E-state index contributed by atoms with van der Waals surface area (Å²) in [4.78, 5) is 11.8. The molecule has 7 nitrogen and oxygen atoms in total. The van der Waals surface area contributed by atoms with Gasteiger partial charge in [-0.3, -0.25) is 10.1 Å². The molecule has 1 heterocycles. The highest BCUT2D eigenvalue weighted by molar-refractivity contribution is 5.15. The van der Waals surface area contributed by atoms with Gasteiger partial charge in [0, 0.05) is 4.92 Å².